The first kappa shape index (κ1) is 23.6. The van der Waals surface area contributed by atoms with Crippen LogP contribution in [0, 0.1) is 0 Å². The number of hydrogen-bond acceptors (Lipinski definition) is 5. The molecule has 0 spiro atoms. The summed E-state index contributed by atoms with van der Waals surface area (Å²) in [5.41, 5.74) is 2.95. The zero-order valence-corrected chi connectivity index (χ0v) is 17.7. The van der Waals surface area contributed by atoms with Crippen LogP contribution in [0.1, 0.15) is 38.7 Å². The van der Waals surface area contributed by atoms with Crippen LogP contribution in [-0.4, -0.2) is 30.3 Å². The van der Waals surface area contributed by atoms with Crippen molar-refractivity contribution in [2.45, 2.75) is 39.5 Å². The van der Waals surface area contributed by atoms with Crippen LogP contribution in [0.15, 0.2) is 48.5 Å². The van der Waals surface area contributed by atoms with Gasteiger partial charge in [0.1, 0.15) is 0 Å². The van der Waals surface area contributed by atoms with Crippen molar-refractivity contribution >= 4 is 40.8 Å². The standard InChI is InChI=1S/C23H27N3O5/c1-3-17-7-4-5-8-20(17)26-21(28)9-6-10-23(30)31-15-22(29)25-19-13-11-18(12-14-19)24-16(2)27/h4-5,7-8,11-14H,3,6,9-10,15H2,1-2H3,(H,24,27)(H,25,29)(H,26,28). The maximum atomic E-state index is 12.1. The van der Waals surface area contributed by atoms with Gasteiger partial charge in [-0.25, -0.2) is 0 Å². The topological polar surface area (TPSA) is 114 Å². The Kier molecular flexibility index (Phi) is 9.22. The lowest BCUT2D eigenvalue weighted by atomic mass is 10.1. The highest BCUT2D eigenvalue weighted by Crippen LogP contribution is 2.16. The number of nitrogens with one attached hydrogen (secondary N) is 3. The molecule has 0 aliphatic rings. The van der Waals surface area contributed by atoms with Crippen molar-refractivity contribution in [3.05, 3.63) is 54.1 Å². The second-order valence-electron chi connectivity index (χ2n) is 6.88. The van der Waals surface area contributed by atoms with Gasteiger partial charge in [0.25, 0.3) is 5.91 Å². The molecule has 3 N–H and O–H groups in total. The molecular formula is C23H27N3O5. The van der Waals surface area contributed by atoms with Gasteiger partial charge >= 0.3 is 5.97 Å². The Hall–Kier alpha value is -3.68. The normalized spacial score (nSPS) is 10.1. The minimum atomic E-state index is -0.544. The van der Waals surface area contributed by atoms with E-state index in [9.17, 15) is 19.2 Å². The van der Waals surface area contributed by atoms with Gasteiger partial charge in [0.2, 0.25) is 11.8 Å². The van der Waals surface area contributed by atoms with Gasteiger partial charge in [-0.2, -0.15) is 0 Å². The van der Waals surface area contributed by atoms with E-state index in [-0.39, 0.29) is 24.7 Å². The maximum Gasteiger partial charge on any atom is 0.306 e. The van der Waals surface area contributed by atoms with E-state index >= 15 is 0 Å². The van der Waals surface area contributed by atoms with Crippen LogP contribution < -0.4 is 16.0 Å². The van der Waals surface area contributed by atoms with Gasteiger partial charge in [0.15, 0.2) is 6.61 Å². The van der Waals surface area contributed by atoms with Gasteiger partial charge in [-0.3, -0.25) is 19.2 Å². The summed E-state index contributed by atoms with van der Waals surface area (Å²) in [4.78, 5) is 46.8. The summed E-state index contributed by atoms with van der Waals surface area (Å²) in [6, 6.07) is 14.1. The average molecular weight is 425 g/mol. The van der Waals surface area contributed by atoms with E-state index in [1.165, 1.54) is 6.92 Å². The van der Waals surface area contributed by atoms with E-state index in [0.717, 1.165) is 17.7 Å². The van der Waals surface area contributed by atoms with Crippen molar-refractivity contribution in [1.29, 1.82) is 0 Å². The van der Waals surface area contributed by atoms with Crippen molar-refractivity contribution in [3.8, 4) is 0 Å². The highest BCUT2D eigenvalue weighted by Gasteiger charge is 2.10. The Morgan fingerprint density at radius 1 is 0.806 bits per heavy atom. The molecular weight excluding hydrogens is 398 g/mol. The van der Waals surface area contributed by atoms with Crippen LogP contribution in [0.4, 0.5) is 17.1 Å². The number of ether oxygens (including phenoxy) is 1. The first-order chi connectivity index (χ1) is 14.9. The van der Waals surface area contributed by atoms with Gasteiger partial charge < -0.3 is 20.7 Å². The Bertz CT molecular complexity index is 925. The SMILES string of the molecule is CCc1ccccc1NC(=O)CCCC(=O)OCC(=O)Nc1ccc(NC(C)=O)cc1. The molecule has 0 aliphatic carbocycles. The number of hydrogen-bond donors (Lipinski definition) is 3. The van der Waals surface area contributed by atoms with Crippen LogP contribution in [0.5, 0.6) is 0 Å². The number of amides is 3. The lowest BCUT2D eigenvalue weighted by Gasteiger charge is -2.10. The summed E-state index contributed by atoms with van der Waals surface area (Å²) in [6.07, 6.45) is 1.36. The molecule has 0 radical (unpaired) electrons. The lowest BCUT2D eigenvalue weighted by Crippen LogP contribution is -2.21. The third kappa shape index (κ3) is 8.69. The fraction of sp³-hybridized carbons (Fsp3) is 0.304. The monoisotopic (exact) mass is 425 g/mol. The summed E-state index contributed by atoms with van der Waals surface area (Å²) in [7, 11) is 0. The molecule has 0 saturated carbocycles. The van der Waals surface area contributed by atoms with E-state index in [4.69, 9.17) is 4.74 Å². The summed E-state index contributed by atoms with van der Waals surface area (Å²) >= 11 is 0. The minimum absolute atomic E-state index is 0.0432. The van der Waals surface area contributed by atoms with Gasteiger partial charge in [-0.15, -0.1) is 0 Å². The zero-order chi connectivity index (χ0) is 22.6. The molecule has 2 aromatic carbocycles. The third-order valence-corrected chi connectivity index (χ3v) is 4.31. The van der Waals surface area contributed by atoms with Gasteiger partial charge in [-0.05, 0) is 48.7 Å². The van der Waals surface area contributed by atoms with Crippen LogP contribution in [0.2, 0.25) is 0 Å². The number of esters is 1. The van der Waals surface area contributed by atoms with Gasteiger partial charge in [-0.1, -0.05) is 25.1 Å². The second-order valence-corrected chi connectivity index (χ2v) is 6.88. The molecule has 0 fully saturated rings. The van der Waals surface area contributed by atoms with E-state index in [1.54, 1.807) is 24.3 Å². The predicted molar refractivity (Wildman–Crippen MR) is 119 cm³/mol. The molecule has 0 aromatic heterocycles. The van der Waals surface area contributed by atoms with Crippen molar-refractivity contribution in [2.75, 3.05) is 22.6 Å². The van der Waals surface area contributed by atoms with Gasteiger partial charge in [0, 0.05) is 36.8 Å². The minimum Gasteiger partial charge on any atom is -0.456 e. The van der Waals surface area contributed by atoms with E-state index in [0.29, 0.717) is 17.8 Å². The number of carbonyl (C=O) groups is 4. The number of carbonyl (C=O) groups excluding carboxylic acids is 4. The molecule has 31 heavy (non-hydrogen) atoms. The summed E-state index contributed by atoms with van der Waals surface area (Å²) in [5.74, 6) is -1.38. The number of aryl methyl sites for hydroxylation is 1. The number of benzene rings is 2. The molecule has 0 heterocycles. The van der Waals surface area contributed by atoms with Crippen LogP contribution in [0.3, 0.4) is 0 Å². The van der Waals surface area contributed by atoms with E-state index in [2.05, 4.69) is 16.0 Å². The summed E-state index contributed by atoms with van der Waals surface area (Å²) in [5, 5.41) is 8.07. The van der Waals surface area contributed by atoms with Crippen LogP contribution in [-0.2, 0) is 30.3 Å². The molecule has 164 valence electrons. The molecule has 0 aliphatic heterocycles. The van der Waals surface area contributed by atoms with Crippen LogP contribution >= 0.6 is 0 Å². The van der Waals surface area contributed by atoms with Crippen molar-refractivity contribution in [3.63, 3.8) is 0 Å². The first-order valence-electron chi connectivity index (χ1n) is 10.1. The highest BCUT2D eigenvalue weighted by atomic mass is 16.5. The van der Waals surface area contributed by atoms with E-state index in [1.807, 2.05) is 31.2 Å². The number of anilines is 3. The molecule has 0 bridgehead atoms. The van der Waals surface area contributed by atoms with E-state index < -0.39 is 18.5 Å². The van der Waals surface area contributed by atoms with Crippen molar-refractivity contribution in [2.24, 2.45) is 0 Å². The highest BCUT2D eigenvalue weighted by molar-refractivity contribution is 5.94. The second kappa shape index (κ2) is 12.1. The fourth-order valence-electron chi connectivity index (χ4n) is 2.81. The predicted octanol–water partition coefficient (Wildman–Crippen LogP) is 3.50. The maximum absolute atomic E-state index is 12.1. The summed E-state index contributed by atoms with van der Waals surface area (Å²) in [6.45, 7) is 3.00. The van der Waals surface area contributed by atoms with Crippen molar-refractivity contribution in [1.82, 2.24) is 0 Å². The number of rotatable bonds is 10. The molecule has 0 unspecified atom stereocenters. The molecule has 0 atom stereocenters. The molecule has 3 amide bonds. The molecule has 0 saturated heterocycles. The molecule has 2 aromatic rings. The Morgan fingerprint density at radius 2 is 1.45 bits per heavy atom. The smallest absolute Gasteiger partial charge is 0.306 e. The average Bonchev–Trinajstić information content (AvgIpc) is 2.73. The fourth-order valence-corrected chi connectivity index (χ4v) is 2.81. The Balaban J connectivity index is 1.65. The Morgan fingerprint density at radius 3 is 2.10 bits per heavy atom. The first-order valence-corrected chi connectivity index (χ1v) is 10.1. The lowest BCUT2D eigenvalue weighted by molar-refractivity contribution is -0.147. The largest absolute Gasteiger partial charge is 0.456 e. The van der Waals surface area contributed by atoms with Crippen molar-refractivity contribution < 1.29 is 23.9 Å². The van der Waals surface area contributed by atoms with Gasteiger partial charge in [0.05, 0.1) is 0 Å². The molecule has 8 nitrogen and oxygen atoms in total. The zero-order valence-electron chi connectivity index (χ0n) is 17.7. The number of para-hydroxylation sites is 1. The quantitative estimate of drug-likeness (QED) is 0.504. The third-order valence-electron chi connectivity index (χ3n) is 4.31. The Labute approximate surface area is 181 Å². The molecule has 2 rings (SSSR count). The summed E-state index contributed by atoms with van der Waals surface area (Å²) < 4.78 is 4.95. The van der Waals surface area contributed by atoms with Crippen LogP contribution in [0.25, 0.3) is 0 Å². The molecule has 8 heteroatoms.